The van der Waals surface area contributed by atoms with E-state index in [2.05, 4.69) is 20.8 Å². The van der Waals surface area contributed by atoms with Gasteiger partial charge >= 0.3 is 0 Å². The summed E-state index contributed by atoms with van der Waals surface area (Å²) in [5.74, 6) is -0.112. The van der Waals surface area contributed by atoms with Gasteiger partial charge in [-0.1, -0.05) is 24.4 Å². The lowest BCUT2D eigenvalue weighted by molar-refractivity contribution is 0.0937. The van der Waals surface area contributed by atoms with Gasteiger partial charge in [0.1, 0.15) is 6.33 Å². The van der Waals surface area contributed by atoms with Crippen LogP contribution in [0, 0.1) is 0 Å². The fourth-order valence-electron chi connectivity index (χ4n) is 2.49. The van der Waals surface area contributed by atoms with Crippen molar-refractivity contribution in [1.82, 2.24) is 25.5 Å². The van der Waals surface area contributed by atoms with E-state index in [1.165, 1.54) is 23.9 Å². The van der Waals surface area contributed by atoms with Crippen molar-refractivity contribution >= 4 is 17.5 Å². The molecule has 0 atom stereocenters. The summed E-state index contributed by atoms with van der Waals surface area (Å²) in [6.45, 7) is 0. The average molecular weight is 292 g/mol. The van der Waals surface area contributed by atoms with Gasteiger partial charge in [-0.3, -0.25) is 4.79 Å². The Morgan fingerprint density at radius 1 is 1.35 bits per heavy atom. The maximum atomic E-state index is 12.4. The van der Waals surface area contributed by atoms with Crippen molar-refractivity contribution in [2.24, 2.45) is 0 Å². The zero-order valence-corrected chi connectivity index (χ0v) is 11.5. The molecule has 20 heavy (non-hydrogen) atoms. The molecule has 0 bridgehead atoms. The van der Waals surface area contributed by atoms with E-state index in [0.29, 0.717) is 16.3 Å². The van der Waals surface area contributed by atoms with Gasteiger partial charge < -0.3 is 5.32 Å². The van der Waals surface area contributed by atoms with Crippen molar-refractivity contribution in [2.75, 3.05) is 0 Å². The molecule has 0 spiro atoms. The summed E-state index contributed by atoms with van der Waals surface area (Å²) < 4.78 is 1.44. The topological polar surface area (TPSA) is 72.7 Å². The van der Waals surface area contributed by atoms with E-state index in [1.54, 1.807) is 18.2 Å². The third kappa shape index (κ3) is 2.65. The number of benzene rings is 1. The van der Waals surface area contributed by atoms with Gasteiger partial charge in [0.15, 0.2) is 0 Å². The number of carbonyl (C=O) groups excluding carboxylic acids is 1. The number of rotatable bonds is 3. The zero-order valence-electron chi connectivity index (χ0n) is 10.8. The molecule has 6 nitrogen and oxygen atoms in total. The Balaban J connectivity index is 1.90. The molecule has 1 aromatic carbocycles. The quantitative estimate of drug-likeness (QED) is 0.938. The second-order valence-electron chi connectivity index (χ2n) is 4.87. The van der Waals surface area contributed by atoms with E-state index < -0.39 is 0 Å². The minimum absolute atomic E-state index is 0.112. The smallest absolute Gasteiger partial charge is 0.253 e. The van der Waals surface area contributed by atoms with Crippen LogP contribution < -0.4 is 5.32 Å². The lowest BCUT2D eigenvalue weighted by Crippen LogP contribution is -2.33. The lowest BCUT2D eigenvalue weighted by atomic mass is 10.1. The minimum atomic E-state index is -0.112. The van der Waals surface area contributed by atoms with E-state index in [-0.39, 0.29) is 11.9 Å². The van der Waals surface area contributed by atoms with Crippen LogP contribution in [-0.2, 0) is 0 Å². The standard InChI is InChI=1S/C13H14ClN5O/c14-9-5-6-11(12(7-9)19-8-15-17-18-19)13(20)16-10-3-1-2-4-10/h5-8,10H,1-4H2,(H,16,20). The number of hydrogen-bond acceptors (Lipinski definition) is 4. The van der Waals surface area contributed by atoms with Gasteiger partial charge in [-0.25, -0.2) is 0 Å². The molecule has 0 unspecified atom stereocenters. The van der Waals surface area contributed by atoms with Gasteiger partial charge in [0.05, 0.1) is 11.3 Å². The number of tetrazole rings is 1. The van der Waals surface area contributed by atoms with Crippen LogP contribution in [0.3, 0.4) is 0 Å². The summed E-state index contributed by atoms with van der Waals surface area (Å²) in [6.07, 6.45) is 5.87. The minimum Gasteiger partial charge on any atom is -0.349 e. The molecule has 3 rings (SSSR count). The van der Waals surface area contributed by atoms with Crippen molar-refractivity contribution < 1.29 is 4.79 Å². The Kier molecular flexibility index (Phi) is 3.64. The molecule has 1 amide bonds. The number of aromatic nitrogens is 4. The van der Waals surface area contributed by atoms with Crippen molar-refractivity contribution in [3.05, 3.63) is 35.1 Å². The molecule has 7 heteroatoms. The molecule has 0 radical (unpaired) electrons. The van der Waals surface area contributed by atoms with Gasteiger partial charge in [0.25, 0.3) is 5.91 Å². The highest BCUT2D eigenvalue weighted by atomic mass is 35.5. The molecule has 1 aromatic heterocycles. The molecule has 0 saturated heterocycles. The van der Waals surface area contributed by atoms with Crippen LogP contribution in [-0.4, -0.2) is 32.2 Å². The second-order valence-corrected chi connectivity index (χ2v) is 5.31. The Morgan fingerprint density at radius 3 is 2.85 bits per heavy atom. The molecule has 1 heterocycles. The van der Waals surface area contributed by atoms with Gasteiger partial charge in [-0.2, -0.15) is 4.68 Å². The van der Waals surface area contributed by atoms with E-state index in [4.69, 9.17) is 11.6 Å². The summed E-state index contributed by atoms with van der Waals surface area (Å²) in [4.78, 5) is 12.4. The van der Waals surface area contributed by atoms with Crippen molar-refractivity contribution in [3.63, 3.8) is 0 Å². The molecule has 1 fully saturated rings. The van der Waals surface area contributed by atoms with Crippen LogP contribution in [0.25, 0.3) is 5.69 Å². The highest BCUT2D eigenvalue weighted by Gasteiger charge is 2.20. The van der Waals surface area contributed by atoms with Gasteiger partial charge in [-0.05, 0) is 41.5 Å². The van der Waals surface area contributed by atoms with E-state index in [0.717, 1.165) is 12.8 Å². The molecule has 2 aromatic rings. The third-order valence-electron chi connectivity index (χ3n) is 3.49. The number of hydrogen-bond donors (Lipinski definition) is 1. The van der Waals surface area contributed by atoms with E-state index in [9.17, 15) is 4.79 Å². The summed E-state index contributed by atoms with van der Waals surface area (Å²) in [6, 6.07) is 5.34. The molecular weight excluding hydrogens is 278 g/mol. The first-order chi connectivity index (χ1) is 9.74. The summed E-state index contributed by atoms with van der Waals surface area (Å²) in [5, 5.41) is 14.6. The molecule has 104 valence electrons. The van der Waals surface area contributed by atoms with Crippen LogP contribution in [0.2, 0.25) is 5.02 Å². The monoisotopic (exact) mass is 291 g/mol. The Morgan fingerprint density at radius 2 is 2.15 bits per heavy atom. The van der Waals surface area contributed by atoms with Gasteiger partial charge in [0.2, 0.25) is 0 Å². The second kappa shape index (κ2) is 5.58. The number of amides is 1. The van der Waals surface area contributed by atoms with Crippen LogP contribution >= 0.6 is 11.6 Å². The fourth-order valence-corrected chi connectivity index (χ4v) is 2.66. The van der Waals surface area contributed by atoms with Crippen LogP contribution in [0.15, 0.2) is 24.5 Å². The zero-order chi connectivity index (χ0) is 13.9. The molecule has 1 saturated carbocycles. The fraction of sp³-hybridized carbons (Fsp3) is 0.385. The number of nitrogens with one attached hydrogen (secondary N) is 1. The molecule has 1 N–H and O–H groups in total. The first-order valence-electron chi connectivity index (χ1n) is 6.58. The summed E-state index contributed by atoms with van der Waals surface area (Å²) in [5.41, 5.74) is 1.10. The lowest BCUT2D eigenvalue weighted by Gasteiger charge is -2.14. The van der Waals surface area contributed by atoms with Crippen LogP contribution in [0.1, 0.15) is 36.0 Å². The molecule has 1 aliphatic carbocycles. The van der Waals surface area contributed by atoms with Crippen molar-refractivity contribution in [1.29, 1.82) is 0 Å². The Labute approximate surface area is 121 Å². The first kappa shape index (κ1) is 13.1. The van der Waals surface area contributed by atoms with E-state index >= 15 is 0 Å². The number of nitrogens with zero attached hydrogens (tertiary/aromatic N) is 4. The SMILES string of the molecule is O=C(NC1CCCC1)c1ccc(Cl)cc1-n1cnnn1. The Hall–Kier alpha value is -1.95. The number of carbonyl (C=O) groups is 1. The van der Waals surface area contributed by atoms with Gasteiger partial charge in [-0.15, -0.1) is 5.10 Å². The normalized spacial score (nSPS) is 15.4. The van der Waals surface area contributed by atoms with Gasteiger partial charge in [0, 0.05) is 11.1 Å². The third-order valence-corrected chi connectivity index (χ3v) is 3.73. The number of halogens is 1. The first-order valence-corrected chi connectivity index (χ1v) is 6.95. The molecule has 0 aliphatic heterocycles. The predicted molar refractivity (Wildman–Crippen MR) is 73.9 cm³/mol. The Bertz CT molecular complexity index is 607. The molecular formula is C13H14ClN5O. The largest absolute Gasteiger partial charge is 0.349 e. The highest BCUT2D eigenvalue weighted by molar-refractivity contribution is 6.31. The predicted octanol–water partition coefficient (Wildman–Crippen LogP) is 1.99. The van der Waals surface area contributed by atoms with Crippen molar-refractivity contribution in [3.8, 4) is 5.69 Å². The van der Waals surface area contributed by atoms with Crippen molar-refractivity contribution in [2.45, 2.75) is 31.7 Å². The van der Waals surface area contributed by atoms with Crippen LogP contribution in [0.5, 0.6) is 0 Å². The van der Waals surface area contributed by atoms with E-state index in [1.807, 2.05) is 0 Å². The maximum absolute atomic E-state index is 12.4. The summed E-state index contributed by atoms with van der Waals surface area (Å²) >= 11 is 6.00. The maximum Gasteiger partial charge on any atom is 0.253 e. The average Bonchev–Trinajstić information content (AvgIpc) is 3.11. The van der Waals surface area contributed by atoms with Crippen LogP contribution in [0.4, 0.5) is 0 Å². The summed E-state index contributed by atoms with van der Waals surface area (Å²) in [7, 11) is 0. The highest BCUT2D eigenvalue weighted by Crippen LogP contribution is 2.21. The molecule has 1 aliphatic rings.